The molecule has 1 aliphatic rings. The second kappa shape index (κ2) is 11.6. The number of thiazole rings is 1. The first-order valence-electron chi connectivity index (χ1n) is 12.7. The summed E-state index contributed by atoms with van der Waals surface area (Å²) in [5, 5.41) is 14.8. The van der Waals surface area contributed by atoms with Crippen molar-refractivity contribution in [3.05, 3.63) is 88.0 Å². The molecule has 0 bridgehead atoms. The highest BCUT2D eigenvalue weighted by molar-refractivity contribution is 7.92. The van der Waals surface area contributed by atoms with Gasteiger partial charge in [0.05, 0.1) is 20.0 Å². The van der Waals surface area contributed by atoms with Crippen molar-refractivity contribution in [2.45, 2.75) is 11.8 Å². The SMILES string of the molecule is Cc1ccc(S(=O)(=O)Nc2ccc(C(=O)NCCN3CCN(c4nc5ccc([N+](=O)[O-])cc5s4)CC3)cc2)cc1. The monoisotopic (exact) mass is 580 g/mol. The first-order valence-corrected chi connectivity index (χ1v) is 15.0. The molecule has 0 atom stereocenters. The lowest BCUT2D eigenvalue weighted by Gasteiger charge is -2.34. The smallest absolute Gasteiger partial charge is 0.270 e. The van der Waals surface area contributed by atoms with E-state index in [-0.39, 0.29) is 16.5 Å². The zero-order valence-electron chi connectivity index (χ0n) is 21.7. The zero-order chi connectivity index (χ0) is 28.3. The molecule has 0 aliphatic carbocycles. The maximum atomic E-state index is 12.6. The number of benzene rings is 3. The Kier molecular flexibility index (Phi) is 7.96. The number of piperazine rings is 1. The van der Waals surface area contributed by atoms with E-state index >= 15 is 0 Å². The molecule has 5 rings (SSSR count). The van der Waals surface area contributed by atoms with Gasteiger partial charge in [0.1, 0.15) is 0 Å². The van der Waals surface area contributed by atoms with Crippen LogP contribution in [0.3, 0.4) is 0 Å². The van der Waals surface area contributed by atoms with Crippen molar-refractivity contribution in [3.63, 3.8) is 0 Å². The van der Waals surface area contributed by atoms with Crippen LogP contribution >= 0.6 is 11.3 Å². The summed E-state index contributed by atoms with van der Waals surface area (Å²) in [5.41, 5.74) is 2.61. The summed E-state index contributed by atoms with van der Waals surface area (Å²) >= 11 is 1.46. The maximum absolute atomic E-state index is 12.6. The topological polar surface area (TPSA) is 138 Å². The number of aryl methyl sites for hydroxylation is 1. The fourth-order valence-electron chi connectivity index (χ4n) is 4.36. The first kappa shape index (κ1) is 27.5. The number of nitro groups is 1. The molecule has 1 amide bonds. The van der Waals surface area contributed by atoms with E-state index in [1.807, 2.05) is 6.92 Å². The number of nitrogens with one attached hydrogen (secondary N) is 2. The summed E-state index contributed by atoms with van der Waals surface area (Å²) in [7, 11) is -3.71. The summed E-state index contributed by atoms with van der Waals surface area (Å²) in [4.78, 5) is 32.5. The van der Waals surface area contributed by atoms with Gasteiger partial charge in [-0.25, -0.2) is 13.4 Å². The number of rotatable bonds is 9. The fraction of sp³-hybridized carbons (Fsp3) is 0.259. The van der Waals surface area contributed by atoms with Crippen molar-refractivity contribution < 1.29 is 18.1 Å². The normalized spacial score (nSPS) is 14.3. The van der Waals surface area contributed by atoms with Gasteiger partial charge in [0.2, 0.25) is 0 Å². The van der Waals surface area contributed by atoms with Crippen molar-refractivity contribution in [2.24, 2.45) is 0 Å². The van der Waals surface area contributed by atoms with Gasteiger partial charge in [-0.05, 0) is 49.4 Å². The third-order valence-electron chi connectivity index (χ3n) is 6.66. The van der Waals surface area contributed by atoms with E-state index in [1.165, 1.54) is 17.4 Å². The third-order valence-corrected chi connectivity index (χ3v) is 9.13. The van der Waals surface area contributed by atoms with E-state index in [9.17, 15) is 23.3 Å². The molecule has 1 aromatic heterocycles. The minimum Gasteiger partial charge on any atom is -0.351 e. The van der Waals surface area contributed by atoms with Gasteiger partial charge in [0.15, 0.2) is 5.13 Å². The molecule has 1 aliphatic heterocycles. The van der Waals surface area contributed by atoms with Gasteiger partial charge in [-0.3, -0.25) is 24.5 Å². The Bertz CT molecular complexity index is 1630. The highest BCUT2D eigenvalue weighted by atomic mass is 32.2. The molecule has 0 saturated carbocycles. The first-order chi connectivity index (χ1) is 19.2. The Morgan fingerprint density at radius 2 is 1.73 bits per heavy atom. The number of hydrogen-bond acceptors (Lipinski definition) is 9. The van der Waals surface area contributed by atoms with Gasteiger partial charge in [-0.2, -0.15) is 0 Å². The average Bonchev–Trinajstić information content (AvgIpc) is 3.37. The number of hydrogen-bond donors (Lipinski definition) is 2. The van der Waals surface area contributed by atoms with Crippen molar-refractivity contribution in [3.8, 4) is 0 Å². The highest BCUT2D eigenvalue weighted by Crippen LogP contribution is 2.31. The van der Waals surface area contributed by atoms with Gasteiger partial charge in [-0.15, -0.1) is 0 Å². The minimum atomic E-state index is -3.71. The third kappa shape index (κ3) is 6.38. The van der Waals surface area contributed by atoms with Gasteiger partial charge in [0.25, 0.3) is 21.6 Å². The summed E-state index contributed by atoms with van der Waals surface area (Å²) in [6.45, 7) is 6.22. The number of nitro benzene ring substituents is 1. The zero-order valence-corrected chi connectivity index (χ0v) is 23.4. The lowest BCUT2D eigenvalue weighted by Crippen LogP contribution is -2.48. The van der Waals surface area contributed by atoms with Gasteiger partial charge >= 0.3 is 0 Å². The van der Waals surface area contributed by atoms with E-state index in [1.54, 1.807) is 60.7 Å². The number of anilines is 2. The Balaban J connectivity index is 1.07. The molecule has 3 aromatic carbocycles. The number of nitrogens with zero attached hydrogens (tertiary/aromatic N) is 4. The van der Waals surface area contributed by atoms with E-state index in [2.05, 4.69) is 24.8 Å². The number of aromatic nitrogens is 1. The second-order valence-electron chi connectivity index (χ2n) is 9.49. The number of fused-ring (bicyclic) bond motifs is 1. The molecule has 40 heavy (non-hydrogen) atoms. The average molecular weight is 581 g/mol. The second-order valence-corrected chi connectivity index (χ2v) is 12.2. The Labute approximate surface area is 235 Å². The molecule has 4 aromatic rings. The quantitative estimate of drug-likeness (QED) is 0.225. The summed E-state index contributed by atoms with van der Waals surface area (Å²) in [5.74, 6) is -0.227. The Morgan fingerprint density at radius 1 is 1.02 bits per heavy atom. The number of non-ortho nitro benzene ring substituents is 1. The predicted octanol–water partition coefficient (Wildman–Crippen LogP) is 3.87. The van der Waals surface area contributed by atoms with E-state index in [4.69, 9.17) is 0 Å². The number of amides is 1. The Morgan fingerprint density at radius 3 is 2.40 bits per heavy atom. The molecule has 208 valence electrons. The molecular formula is C27H28N6O5S2. The van der Waals surface area contributed by atoms with Crippen LogP contribution in [-0.2, 0) is 10.0 Å². The predicted molar refractivity (Wildman–Crippen MR) is 156 cm³/mol. The van der Waals surface area contributed by atoms with Gasteiger partial charge in [0, 0.05) is 62.7 Å². The largest absolute Gasteiger partial charge is 0.351 e. The van der Waals surface area contributed by atoms with Gasteiger partial charge < -0.3 is 10.2 Å². The van der Waals surface area contributed by atoms with E-state index < -0.39 is 14.9 Å². The fourth-order valence-corrected chi connectivity index (χ4v) is 6.47. The summed E-state index contributed by atoms with van der Waals surface area (Å²) < 4.78 is 28.5. The molecule has 11 nitrogen and oxygen atoms in total. The lowest BCUT2D eigenvalue weighted by molar-refractivity contribution is -0.384. The molecule has 0 unspecified atom stereocenters. The molecule has 1 fully saturated rings. The van der Waals surface area contributed by atoms with Crippen LogP contribution in [0.4, 0.5) is 16.5 Å². The van der Waals surface area contributed by atoms with Crippen molar-refractivity contribution in [2.75, 3.05) is 48.9 Å². The van der Waals surface area contributed by atoms with E-state index in [0.717, 1.165) is 47.1 Å². The minimum absolute atomic E-state index is 0.0632. The Hall–Kier alpha value is -4.07. The van der Waals surface area contributed by atoms with Crippen LogP contribution in [0.15, 0.2) is 71.6 Å². The van der Waals surface area contributed by atoms with Crippen LogP contribution in [0.1, 0.15) is 15.9 Å². The van der Waals surface area contributed by atoms with Crippen LogP contribution < -0.4 is 14.9 Å². The molecule has 2 N–H and O–H groups in total. The van der Waals surface area contributed by atoms with E-state index in [0.29, 0.717) is 24.3 Å². The summed E-state index contributed by atoms with van der Waals surface area (Å²) in [6, 6.07) is 17.6. The van der Waals surface area contributed by atoms with Crippen LogP contribution in [0, 0.1) is 17.0 Å². The summed E-state index contributed by atoms with van der Waals surface area (Å²) in [6.07, 6.45) is 0. The molecular weight excluding hydrogens is 552 g/mol. The molecule has 0 radical (unpaired) electrons. The molecule has 13 heteroatoms. The van der Waals surface area contributed by atoms with Crippen LogP contribution in [0.25, 0.3) is 10.2 Å². The van der Waals surface area contributed by atoms with Gasteiger partial charge in [-0.1, -0.05) is 29.0 Å². The van der Waals surface area contributed by atoms with Crippen molar-refractivity contribution in [1.82, 2.24) is 15.2 Å². The van der Waals surface area contributed by atoms with Crippen molar-refractivity contribution in [1.29, 1.82) is 0 Å². The molecule has 2 heterocycles. The maximum Gasteiger partial charge on any atom is 0.270 e. The van der Waals surface area contributed by atoms with Crippen molar-refractivity contribution >= 4 is 54.0 Å². The highest BCUT2D eigenvalue weighted by Gasteiger charge is 2.21. The molecule has 1 saturated heterocycles. The molecule has 0 spiro atoms. The number of carbonyl (C=O) groups excluding carboxylic acids is 1. The number of carbonyl (C=O) groups is 1. The van der Waals surface area contributed by atoms with Crippen LogP contribution in [0.2, 0.25) is 0 Å². The van der Waals surface area contributed by atoms with Crippen LogP contribution in [0.5, 0.6) is 0 Å². The lowest BCUT2D eigenvalue weighted by atomic mass is 10.2. The standard InChI is InChI=1S/C27H28N6O5S2/c1-19-2-9-23(10-3-19)40(37,38)30-21-6-4-20(5-7-21)26(34)28-12-13-31-14-16-32(17-15-31)27-29-24-11-8-22(33(35)36)18-25(24)39-27/h2-11,18,30H,12-17H2,1H3,(H,28,34). The van der Waals surface area contributed by atoms with Crippen LogP contribution in [-0.4, -0.2) is 68.4 Å². The number of sulfonamides is 1.